The number of rotatable bonds is 7. The normalized spacial score (nSPS) is 12.2. The first kappa shape index (κ1) is 17.2. The second kappa shape index (κ2) is 7.89. The summed E-state index contributed by atoms with van der Waals surface area (Å²) >= 11 is 6.05. The fourth-order valence-corrected chi connectivity index (χ4v) is 2.33. The molecule has 0 bridgehead atoms. The average molecular weight is 336 g/mol. The van der Waals surface area contributed by atoms with Crippen LogP contribution >= 0.6 is 11.6 Å². The van der Waals surface area contributed by atoms with Crippen molar-refractivity contribution in [2.75, 3.05) is 13.7 Å². The molecule has 6 nitrogen and oxygen atoms in total. The third-order valence-corrected chi connectivity index (χ3v) is 3.72. The molecule has 1 N–H and O–H groups in total. The lowest BCUT2D eigenvalue weighted by molar-refractivity contribution is -0.139. The van der Waals surface area contributed by atoms with Crippen LogP contribution in [-0.4, -0.2) is 39.6 Å². The van der Waals surface area contributed by atoms with Gasteiger partial charge in [-0.05, 0) is 38.2 Å². The highest BCUT2D eigenvalue weighted by Crippen LogP contribution is 2.27. The zero-order valence-corrected chi connectivity index (χ0v) is 13.7. The van der Waals surface area contributed by atoms with E-state index in [0.29, 0.717) is 17.3 Å². The summed E-state index contributed by atoms with van der Waals surface area (Å²) in [5, 5.41) is 9.34. The second-order valence-corrected chi connectivity index (χ2v) is 5.60. The summed E-state index contributed by atoms with van der Waals surface area (Å²) in [7, 11) is 1.95. The molecular weight excluding hydrogens is 318 g/mol. The van der Waals surface area contributed by atoms with Gasteiger partial charge < -0.3 is 9.84 Å². The maximum absolute atomic E-state index is 10.7. The molecule has 122 valence electrons. The van der Waals surface area contributed by atoms with Crippen LogP contribution < -0.4 is 4.74 Å². The molecule has 0 aliphatic rings. The predicted octanol–water partition coefficient (Wildman–Crippen LogP) is 2.79. The van der Waals surface area contributed by atoms with Gasteiger partial charge >= 0.3 is 5.97 Å². The van der Waals surface area contributed by atoms with Crippen LogP contribution in [0.15, 0.2) is 36.8 Å². The first-order valence-corrected chi connectivity index (χ1v) is 7.44. The Bertz CT molecular complexity index is 667. The van der Waals surface area contributed by atoms with Crippen LogP contribution in [0.4, 0.5) is 0 Å². The molecule has 23 heavy (non-hydrogen) atoms. The van der Waals surface area contributed by atoms with Crippen molar-refractivity contribution >= 4 is 17.6 Å². The van der Waals surface area contributed by atoms with E-state index in [-0.39, 0.29) is 12.6 Å². The second-order valence-electron chi connectivity index (χ2n) is 5.16. The molecule has 0 fully saturated rings. The summed E-state index contributed by atoms with van der Waals surface area (Å²) < 4.78 is 5.33. The lowest BCUT2D eigenvalue weighted by Crippen LogP contribution is -2.23. The van der Waals surface area contributed by atoms with Gasteiger partial charge in [0.2, 0.25) is 0 Å². The van der Waals surface area contributed by atoms with Crippen molar-refractivity contribution < 1.29 is 14.6 Å². The quantitative estimate of drug-likeness (QED) is 0.838. The molecule has 7 heteroatoms. The maximum atomic E-state index is 10.7. The molecule has 0 saturated heterocycles. The number of aliphatic carboxylic acids is 1. The van der Waals surface area contributed by atoms with E-state index < -0.39 is 5.97 Å². The number of hydrogen-bond donors (Lipinski definition) is 1. The maximum Gasteiger partial charge on any atom is 0.341 e. The molecule has 0 aliphatic carbocycles. The summed E-state index contributed by atoms with van der Waals surface area (Å²) in [5.41, 5.74) is 1.72. The third kappa shape index (κ3) is 4.91. The molecule has 0 unspecified atom stereocenters. The molecule has 1 aromatic heterocycles. The molecule has 0 radical (unpaired) electrons. The van der Waals surface area contributed by atoms with Gasteiger partial charge in [0.05, 0.1) is 5.69 Å². The van der Waals surface area contributed by atoms with E-state index in [2.05, 4.69) is 14.9 Å². The summed E-state index contributed by atoms with van der Waals surface area (Å²) in [4.78, 5) is 20.9. The fourth-order valence-electron chi connectivity index (χ4n) is 2.13. The first-order valence-electron chi connectivity index (χ1n) is 7.06. The highest BCUT2D eigenvalue weighted by Gasteiger charge is 2.16. The molecule has 2 aromatic rings. The highest BCUT2D eigenvalue weighted by atomic mass is 35.5. The van der Waals surface area contributed by atoms with Crippen LogP contribution in [0, 0.1) is 0 Å². The Kier molecular flexibility index (Phi) is 5.90. The number of nitrogens with zero attached hydrogens (tertiary/aromatic N) is 3. The van der Waals surface area contributed by atoms with Gasteiger partial charge in [-0.15, -0.1) is 0 Å². The van der Waals surface area contributed by atoms with Gasteiger partial charge in [-0.1, -0.05) is 11.6 Å². The van der Waals surface area contributed by atoms with E-state index >= 15 is 0 Å². The van der Waals surface area contributed by atoms with E-state index in [0.717, 1.165) is 11.3 Å². The zero-order valence-electron chi connectivity index (χ0n) is 12.9. The van der Waals surface area contributed by atoms with Crippen LogP contribution in [0.25, 0.3) is 0 Å². The Hall–Kier alpha value is -2.18. The summed E-state index contributed by atoms with van der Waals surface area (Å²) in [5.74, 6) is -0.507. The monoisotopic (exact) mass is 335 g/mol. The Morgan fingerprint density at radius 1 is 1.43 bits per heavy atom. The van der Waals surface area contributed by atoms with Gasteiger partial charge in [-0.2, -0.15) is 0 Å². The minimum absolute atomic E-state index is 0.0595. The van der Waals surface area contributed by atoms with Gasteiger partial charge in [0.1, 0.15) is 12.1 Å². The zero-order chi connectivity index (χ0) is 16.8. The average Bonchev–Trinajstić information content (AvgIpc) is 2.54. The van der Waals surface area contributed by atoms with Crippen LogP contribution in [0.3, 0.4) is 0 Å². The molecule has 0 aliphatic heterocycles. The number of aromatic nitrogens is 2. The number of carboxylic acids is 1. The van der Waals surface area contributed by atoms with E-state index in [4.69, 9.17) is 21.4 Å². The van der Waals surface area contributed by atoms with Crippen LogP contribution in [-0.2, 0) is 11.3 Å². The van der Waals surface area contributed by atoms with Crippen molar-refractivity contribution in [2.24, 2.45) is 0 Å². The standard InChI is InChI=1S/C16H18ClN3O3/c1-11(14-5-6-18-10-19-14)20(2)8-12-7-13(17)3-4-15(12)23-9-16(21)22/h3-7,10-11H,8-9H2,1-2H3,(H,21,22)/t11-/m0/s1. The highest BCUT2D eigenvalue weighted by molar-refractivity contribution is 6.30. The van der Waals surface area contributed by atoms with Gasteiger partial charge in [-0.3, -0.25) is 4.90 Å². The number of carbonyl (C=O) groups is 1. The van der Waals surface area contributed by atoms with Gasteiger partial charge in [-0.25, -0.2) is 14.8 Å². The number of hydrogen-bond acceptors (Lipinski definition) is 5. The summed E-state index contributed by atoms with van der Waals surface area (Å²) in [6.45, 7) is 2.19. The van der Waals surface area contributed by atoms with Crippen molar-refractivity contribution in [1.29, 1.82) is 0 Å². The first-order chi connectivity index (χ1) is 11.0. The minimum Gasteiger partial charge on any atom is -0.482 e. The topological polar surface area (TPSA) is 75.5 Å². The minimum atomic E-state index is -1.02. The summed E-state index contributed by atoms with van der Waals surface area (Å²) in [6.07, 6.45) is 3.22. The van der Waals surface area contributed by atoms with Crippen LogP contribution in [0.5, 0.6) is 5.75 Å². The molecule has 1 atom stereocenters. The number of carboxylic acid groups (broad SMARTS) is 1. The molecule has 1 aromatic carbocycles. The molecule has 0 amide bonds. The number of ether oxygens (including phenoxy) is 1. The fraction of sp³-hybridized carbons (Fsp3) is 0.312. The molecule has 1 heterocycles. The SMILES string of the molecule is C[C@@H](c1ccncn1)N(C)Cc1cc(Cl)ccc1OCC(=O)O. The third-order valence-electron chi connectivity index (χ3n) is 3.49. The Balaban J connectivity index is 2.14. The van der Waals surface area contributed by atoms with E-state index in [9.17, 15) is 4.79 Å². The van der Waals surface area contributed by atoms with Gasteiger partial charge in [0, 0.05) is 29.4 Å². The Morgan fingerprint density at radius 3 is 2.87 bits per heavy atom. The van der Waals surface area contributed by atoms with Crippen molar-refractivity contribution in [3.8, 4) is 5.75 Å². The van der Waals surface area contributed by atoms with Crippen molar-refractivity contribution in [3.05, 3.63) is 53.1 Å². The lowest BCUT2D eigenvalue weighted by atomic mass is 10.1. The van der Waals surface area contributed by atoms with Gasteiger partial charge in [0.25, 0.3) is 0 Å². The Morgan fingerprint density at radius 2 is 2.22 bits per heavy atom. The van der Waals surface area contributed by atoms with Crippen molar-refractivity contribution in [3.63, 3.8) is 0 Å². The predicted molar refractivity (Wildman–Crippen MR) is 86.5 cm³/mol. The number of halogens is 1. The lowest BCUT2D eigenvalue weighted by Gasteiger charge is -2.25. The molecule has 0 saturated carbocycles. The van der Waals surface area contributed by atoms with Gasteiger partial charge in [0.15, 0.2) is 6.61 Å². The molecular formula is C16H18ClN3O3. The number of benzene rings is 1. The van der Waals surface area contributed by atoms with Crippen LogP contribution in [0.1, 0.15) is 24.2 Å². The Labute approximate surface area is 139 Å². The van der Waals surface area contributed by atoms with Crippen LogP contribution in [0.2, 0.25) is 5.02 Å². The smallest absolute Gasteiger partial charge is 0.341 e. The van der Waals surface area contributed by atoms with E-state index in [1.165, 1.54) is 6.33 Å². The van der Waals surface area contributed by atoms with E-state index in [1.807, 2.05) is 20.0 Å². The van der Waals surface area contributed by atoms with Crippen molar-refractivity contribution in [2.45, 2.75) is 19.5 Å². The summed E-state index contributed by atoms with van der Waals surface area (Å²) in [6, 6.07) is 7.06. The van der Waals surface area contributed by atoms with E-state index in [1.54, 1.807) is 24.4 Å². The molecule has 0 spiro atoms. The largest absolute Gasteiger partial charge is 0.482 e. The molecule has 2 rings (SSSR count). The van der Waals surface area contributed by atoms with Crippen molar-refractivity contribution in [1.82, 2.24) is 14.9 Å².